The lowest BCUT2D eigenvalue weighted by Gasteiger charge is -2.26. The highest BCUT2D eigenvalue weighted by atomic mass is 19.4. The third-order valence-electron chi connectivity index (χ3n) is 3.58. The number of nitrogens with zero attached hydrogens (tertiary/aromatic N) is 2. The van der Waals surface area contributed by atoms with E-state index in [1.54, 1.807) is 12.1 Å². The van der Waals surface area contributed by atoms with Gasteiger partial charge in [0.15, 0.2) is 5.84 Å². The smallest absolute Gasteiger partial charge is 0.382 e. The zero-order chi connectivity index (χ0) is 16.0. The number of amidine groups is 1. The molecule has 4 nitrogen and oxygen atoms in total. The molecule has 0 radical (unpaired) electrons. The third-order valence-corrected chi connectivity index (χ3v) is 3.58. The number of rotatable bonds is 5. The Morgan fingerprint density at radius 3 is 2.36 bits per heavy atom. The number of hydrogen-bond donors (Lipinski definition) is 2. The lowest BCUT2D eigenvalue weighted by atomic mass is 10.1. The van der Waals surface area contributed by atoms with Crippen LogP contribution in [0.5, 0.6) is 0 Å². The van der Waals surface area contributed by atoms with Crippen molar-refractivity contribution < 1.29 is 13.2 Å². The molecular formula is C15H21F3N4. The fraction of sp³-hybridized carbons (Fsp3) is 0.533. The first kappa shape index (κ1) is 16.6. The number of hydrazone groups is 1. The number of nitrogens with two attached hydrogens (primary N) is 1. The molecule has 0 unspecified atom stereocenters. The summed E-state index contributed by atoms with van der Waals surface area (Å²) in [5, 5.41) is 3.54. The molecule has 2 rings (SSSR count). The van der Waals surface area contributed by atoms with Gasteiger partial charge in [-0.05, 0) is 31.5 Å². The van der Waals surface area contributed by atoms with Gasteiger partial charge < -0.3 is 5.73 Å². The fourth-order valence-electron chi connectivity index (χ4n) is 2.44. The Morgan fingerprint density at radius 1 is 1.14 bits per heavy atom. The molecule has 1 fully saturated rings. The van der Waals surface area contributed by atoms with E-state index in [9.17, 15) is 13.2 Å². The summed E-state index contributed by atoms with van der Waals surface area (Å²) in [5.74, 6) is 0.0498. The van der Waals surface area contributed by atoms with E-state index in [0.717, 1.165) is 19.6 Å². The molecule has 0 bridgehead atoms. The van der Waals surface area contributed by atoms with Gasteiger partial charge in [-0.2, -0.15) is 18.3 Å². The van der Waals surface area contributed by atoms with Crippen LogP contribution in [0.25, 0.3) is 0 Å². The number of piperidine rings is 1. The van der Waals surface area contributed by atoms with Gasteiger partial charge in [-0.25, -0.2) is 0 Å². The van der Waals surface area contributed by atoms with Crippen LogP contribution in [0.3, 0.4) is 0 Å². The van der Waals surface area contributed by atoms with Crippen LogP contribution in [-0.2, 0) is 6.54 Å². The highest BCUT2D eigenvalue weighted by Crippen LogP contribution is 2.14. The summed E-state index contributed by atoms with van der Waals surface area (Å²) in [6.45, 7) is 1.93. The number of halogens is 3. The van der Waals surface area contributed by atoms with Crippen molar-refractivity contribution in [1.29, 1.82) is 0 Å². The summed E-state index contributed by atoms with van der Waals surface area (Å²) in [6.07, 6.45) is -0.527. The predicted octanol–water partition coefficient (Wildman–Crippen LogP) is 2.44. The van der Waals surface area contributed by atoms with E-state index >= 15 is 0 Å². The first-order chi connectivity index (χ1) is 10.4. The Bertz CT molecular complexity index is 491. The quantitative estimate of drug-likeness (QED) is 0.499. The highest BCUT2D eigenvalue weighted by Gasteiger charge is 2.26. The van der Waals surface area contributed by atoms with Crippen LogP contribution in [-0.4, -0.2) is 36.5 Å². The maximum atomic E-state index is 12.0. The molecule has 1 aromatic rings. The summed E-state index contributed by atoms with van der Waals surface area (Å²) >= 11 is 0. The van der Waals surface area contributed by atoms with Gasteiger partial charge in [-0.1, -0.05) is 30.7 Å². The topological polar surface area (TPSA) is 53.6 Å². The third kappa shape index (κ3) is 5.55. The molecular weight excluding hydrogens is 293 g/mol. The standard InChI is InChI=1S/C15H21F3N4/c16-15(17,18)11-20-21-14(19)13-6-4-12(5-7-13)10-22-8-2-1-3-9-22/h4-7,20H,1-3,8-11H2,(H2,19,21). The highest BCUT2D eigenvalue weighted by molar-refractivity contribution is 5.97. The molecule has 0 spiro atoms. The summed E-state index contributed by atoms with van der Waals surface area (Å²) in [7, 11) is 0. The minimum absolute atomic E-state index is 0.0498. The van der Waals surface area contributed by atoms with Crippen LogP contribution >= 0.6 is 0 Å². The molecule has 1 saturated heterocycles. The van der Waals surface area contributed by atoms with Crippen molar-refractivity contribution in [2.24, 2.45) is 10.8 Å². The minimum Gasteiger partial charge on any atom is -0.382 e. The Kier molecular flexibility index (Phi) is 5.65. The molecule has 0 amide bonds. The lowest BCUT2D eigenvalue weighted by Crippen LogP contribution is -2.29. The summed E-state index contributed by atoms with van der Waals surface area (Å²) < 4.78 is 36.0. The van der Waals surface area contributed by atoms with Crippen molar-refractivity contribution in [3.63, 3.8) is 0 Å². The number of nitrogens with one attached hydrogen (secondary N) is 1. The van der Waals surface area contributed by atoms with Crippen molar-refractivity contribution >= 4 is 5.84 Å². The van der Waals surface area contributed by atoms with Gasteiger partial charge in [0.2, 0.25) is 0 Å². The Morgan fingerprint density at radius 2 is 1.77 bits per heavy atom. The van der Waals surface area contributed by atoms with Crippen LogP contribution < -0.4 is 11.2 Å². The molecule has 0 aliphatic carbocycles. The summed E-state index contributed by atoms with van der Waals surface area (Å²) in [5.41, 5.74) is 9.38. The second-order valence-electron chi connectivity index (χ2n) is 5.48. The average molecular weight is 314 g/mol. The molecule has 1 heterocycles. The molecule has 3 N–H and O–H groups in total. The van der Waals surface area contributed by atoms with E-state index < -0.39 is 12.7 Å². The maximum absolute atomic E-state index is 12.0. The van der Waals surface area contributed by atoms with Crippen LogP contribution in [0.15, 0.2) is 29.4 Å². The molecule has 122 valence electrons. The van der Waals surface area contributed by atoms with Crippen molar-refractivity contribution in [2.75, 3.05) is 19.6 Å². The first-order valence-electron chi connectivity index (χ1n) is 7.38. The summed E-state index contributed by atoms with van der Waals surface area (Å²) in [6, 6.07) is 7.45. The Labute approximate surface area is 128 Å². The number of hydrogen-bond acceptors (Lipinski definition) is 3. The van der Waals surface area contributed by atoms with E-state index in [-0.39, 0.29) is 5.84 Å². The molecule has 0 atom stereocenters. The monoisotopic (exact) mass is 314 g/mol. The lowest BCUT2D eigenvalue weighted by molar-refractivity contribution is -0.124. The summed E-state index contributed by atoms with van der Waals surface area (Å²) in [4.78, 5) is 2.40. The minimum atomic E-state index is -4.30. The van der Waals surface area contributed by atoms with Crippen molar-refractivity contribution in [1.82, 2.24) is 10.3 Å². The molecule has 0 aromatic heterocycles. The van der Waals surface area contributed by atoms with Gasteiger partial charge in [-0.3, -0.25) is 10.3 Å². The molecule has 1 aliphatic rings. The van der Waals surface area contributed by atoms with Gasteiger partial charge in [0, 0.05) is 12.1 Å². The zero-order valence-electron chi connectivity index (χ0n) is 12.4. The number of alkyl halides is 3. The Hall–Kier alpha value is -1.76. The average Bonchev–Trinajstić information content (AvgIpc) is 2.47. The Balaban J connectivity index is 1.88. The van der Waals surface area contributed by atoms with Crippen molar-refractivity contribution in [3.8, 4) is 0 Å². The van der Waals surface area contributed by atoms with E-state index in [2.05, 4.69) is 10.0 Å². The normalized spacial score (nSPS) is 17.5. The van der Waals surface area contributed by atoms with Gasteiger partial charge >= 0.3 is 6.18 Å². The van der Waals surface area contributed by atoms with E-state index in [1.165, 1.54) is 24.8 Å². The van der Waals surface area contributed by atoms with Crippen LogP contribution in [0.4, 0.5) is 13.2 Å². The van der Waals surface area contributed by atoms with Gasteiger partial charge in [0.25, 0.3) is 0 Å². The molecule has 0 saturated carbocycles. The zero-order valence-corrected chi connectivity index (χ0v) is 12.4. The largest absolute Gasteiger partial charge is 0.407 e. The van der Waals surface area contributed by atoms with E-state index in [0.29, 0.717) is 5.56 Å². The molecule has 1 aromatic carbocycles. The second kappa shape index (κ2) is 7.49. The maximum Gasteiger partial charge on any atom is 0.407 e. The number of likely N-dealkylation sites (tertiary alicyclic amines) is 1. The molecule has 7 heteroatoms. The second-order valence-corrected chi connectivity index (χ2v) is 5.48. The van der Waals surface area contributed by atoms with Crippen LogP contribution in [0.2, 0.25) is 0 Å². The van der Waals surface area contributed by atoms with Crippen molar-refractivity contribution in [3.05, 3.63) is 35.4 Å². The van der Waals surface area contributed by atoms with Crippen molar-refractivity contribution in [2.45, 2.75) is 32.0 Å². The molecule has 22 heavy (non-hydrogen) atoms. The van der Waals surface area contributed by atoms with Gasteiger partial charge in [0.05, 0.1) is 0 Å². The van der Waals surface area contributed by atoms with Gasteiger partial charge in [0.1, 0.15) is 6.54 Å². The van der Waals surface area contributed by atoms with Crippen LogP contribution in [0, 0.1) is 0 Å². The molecule has 1 aliphatic heterocycles. The SMILES string of the molecule is N/C(=N\NCC(F)(F)F)c1ccc(CN2CCCCC2)cc1. The number of benzene rings is 1. The van der Waals surface area contributed by atoms with E-state index in [4.69, 9.17) is 5.73 Å². The van der Waals surface area contributed by atoms with Crippen LogP contribution in [0.1, 0.15) is 30.4 Å². The predicted molar refractivity (Wildman–Crippen MR) is 80.4 cm³/mol. The van der Waals surface area contributed by atoms with Gasteiger partial charge in [-0.15, -0.1) is 0 Å². The fourth-order valence-corrected chi connectivity index (χ4v) is 2.44. The first-order valence-corrected chi connectivity index (χ1v) is 7.38. The van der Waals surface area contributed by atoms with E-state index in [1.807, 2.05) is 17.6 Å².